The number of benzene rings is 1. The van der Waals surface area contributed by atoms with E-state index in [1.165, 1.54) is 0 Å². The van der Waals surface area contributed by atoms with E-state index < -0.39 is 0 Å². The van der Waals surface area contributed by atoms with Crippen molar-refractivity contribution >= 4 is 0 Å². The normalized spacial score (nSPS) is 21.4. The Balaban J connectivity index is 0.000000509. The van der Waals surface area contributed by atoms with Gasteiger partial charge in [0.05, 0.1) is 6.10 Å². The SMILES string of the molecule is CC.CC.CC1Oc2ccccc2CC1O. The highest BCUT2D eigenvalue weighted by Crippen LogP contribution is 2.26. The summed E-state index contributed by atoms with van der Waals surface area (Å²) in [5.74, 6) is 0.912. The third kappa shape index (κ3) is 3.86. The number of aliphatic hydroxyl groups is 1. The fraction of sp³-hybridized carbons (Fsp3) is 0.571. The predicted octanol–water partition coefficient (Wildman–Crippen LogP) is 3.42. The topological polar surface area (TPSA) is 29.5 Å². The summed E-state index contributed by atoms with van der Waals surface area (Å²) in [5, 5.41) is 9.50. The van der Waals surface area contributed by atoms with Crippen LogP contribution in [0.2, 0.25) is 0 Å². The Morgan fingerprint density at radius 3 is 2.31 bits per heavy atom. The Morgan fingerprint density at radius 2 is 1.69 bits per heavy atom. The summed E-state index contributed by atoms with van der Waals surface area (Å²) in [6, 6.07) is 7.84. The molecule has 0 aromatic heterocycles. The standard InChI is InChI=1S/C10H12O2.2C2H6/c1-7-9(11)6-8-4-2-3-5-10(8)12-7;2*1-2/h2-5,7,9,11H,6H2,1H3;2*1-2H3. The third-order valence-corrected chi connectivity index (χ3v) is 2.26. The van der Waals surface area contributed by atoms with Gasteiger partial charge in [0.1, 0.15) is 11.9 Å². The molecule has 1 aliphatic rings. The summed E-state index contributed by atoms with van der Waals surface area (Å²) in [6.07, 6.45) is 0.261. The van der Waals surface area contributed by atoms with Crippen molar-refractivity contribution in [3.8, 4) is 5.75 Å². The zero-order chi connectivity index (χ0) is 12.6. The largest absolute Gasteiger partial charge is 0.488 e. The molecule has 0 fully saturated rings. The fourth-order valence-corrected chi connectivity index (χ4v) is 1.46. The summed E-state index contributed by atoms with van der Waals surface area (Å²) < 4.78 is 5.49. The summed E-state index contributed by atoms with van der Waals surface area (Å²) >= 11 is 0. The summed E-state index contributed by atoms with van der Waals surface area (Å²) in [4.78, 5) is 0. The lowest BCUT2D eigenvalue weighted by molar-refractivity contribution is 0.0329. The lowest BCUT2D eigenvalue weighted by Crippen LogP contribution is -2.34. The van der Waals surface area contributed by atoms with Gasteiger partial charge >= 0.3 is 0 Å². The van der Waals surface area contributed by atoms with Crippen LogP contribution in [0.3, 0.4) is 0 Å². The van der Waals surface area contributed by atoms with E-state index in [2.05, 4.69) is 0 Å². The minimum absolute atomic E-state index is 0.0834. The first-order chi connectivity index (χ1) is 7.77. The summed E-state index contributed by atoms with van der Waals surface area (Å²) in [6.45, 7) is 9.89. The van der Waals surface area contributed by atoms with Crippen molar-refractivity contribution in [1.82, 2.24) is 0 Å². The van der Waals surface area contributed by atoms with Gasteiger partial charge in [-0.05, 0) is 18.6 Å². The van der Waals surface area contributed by atoms with Crippen LogP contribution in [0.15, 0.2) is 24.3 Å². The van der Waals surface area contributed by atoms with Crippen LogP contribution in [0.25, 0.3) is 0 Å². The van der Waals surface area contributed by atoms with Gasteiger partial charge in [0.25, 0.3) is 0 Å². The second-order valence-corrected chi connectivity index (χ2v) is 3.20. The summed E-state index contributed by atoms with van der Waals surface area (Å²) in [7, 11) is 0. The number of hydrogen-bond donors (Lipinski definition) is 1. The van der Waals surface area contributed by atoms with E-state index in [0.717, 1.165) is 11.3 Å². The molecule has 2 atom stereocenters. The molecular formula is C14H24O2. The summed E-state index contributed by atoms with van der Waals surface area (Å²) in [5.41, 5.74) is 1.10. The van der Waals surface area contributed by atoms with Crippen LogP contribution >= 0.6 is 0 Å². The third-order valence-electron chi connectivity index (χ3n) is 2.26. The van der Waals surface area contributed by atoms with Crippen LogP contribution in [-0.2, 0) is 6.42 Å². The molecule has 2 nitrogen and oxygen atoms in total. The Hall–Kier alpha value is -1.02. The monoisotopic (exact) mass is 224 g/mol. The van der Waals surface area contributed by atoms with E-state index in [0.29, 0.717) is 6.42 Å². The molecule has 1 heterocycles. The molecule has 1 aromatic carbocycles. The van der Waals surface area contributed by atoms with E-state index in [-0.39, 0.29) is 12.2 Å². The first kappa shape index (κ1) is 15.0. The van der Waals surface area contributed by atoms with E-state index in [1.54, 1.807) is 0 Å². The minimum Gasteiger partial charge on any atom is -0.488 e. The highest BCUT2D eigenvalue weighted by atomic mass is 16.5. The molecule has 0 saturated carbocycles. The maximum atomic E-state index is 9.50. The molecule has 92 valence electrons. The average molecular weight is 224 g/mol. The van der Waals surface area contributed by atoms with E-state index >= 15 is 0 Å². The van der Waals surface area contributed by atoms with Gasteiger partial charge in [-0.15, -0.1) is 0 Å². The van der Waals surface area contributed by atoms with Crippen molar-refractivity contribution in [2.75, 3.05) is 0 Å². The number of ether oxygens (including phenoxy) is 1. The molecule has 2 rings (SSSR count). The molecule has 1 N–H and O–H groups in total. The average Bonchev–Trinajstić information content (AvgIpc) is 2.36. The van der Waals surface area contributed by atoms with Crippen molar-refractivity contribution in [1.29, 1.82) is 0 Å². The molecule has 0 aliphatic carbocycles. The van der Waals surface area contributed by atoms with Gasteiger partial charge in [-0.3, -0.25) is 0 Å². The minimum atomic E-state index is -0.361. The van der Waals surface area contributed by atoms with E-state index in [1.807, 2.05) is 58.9 Å². The fourth-order valence-electron chi connectivity index (χ4n) is 1.46. The highest BCUT2D eigenvalue weighted by Gasteiger charge is 2.23. The first-order valence-corrected chi connectivity index (χ1v) is 6.20. The molecule has 0 saturated heterocycles. The molecule has 1 aliphatic heterocycles. The second kappa shape index (κ2) is 8.17. The van der Waals surface area contributed by atoms with Gasteiger partial charge in [-0.1, -0.05) is 45.9 Å². The molecular weight excluding hydrogens is 200 g/mol. The Morgan fingerprint density at radius 1 is 1.12 bits per heavy atom. The van der Waals surface area contributed by atoms with Crippen LogP contribution in [0.4, 0.5) is 0 Å². The zero-order valence-corrected chi connectivity index (χ0v) is 11.0. The van der Waals surface area contributed by atoms with Crippen molar-refractivity contribution in [3.05, 3.63) is 29.8 Å². The highest BCUT2D eigenvalue weighted by molar-refractivity contribution is 5.35. The van der Waals surface area contributed by atoms with Gasteiger partial charge in [0.15, 0.2) is 0 Å². The Bertz CT molecular complexity index is 255. The number of rotatable bonds is 0. The van der Waals surface area contributed by atoms with Crippen LogP contribution in [0, 0.1) is 0 Å². The van der Waals surface area contributed by atoms with Gasteiger partial charge in [0.2, 0.25) is 0 Å². The van der Waals surface area contributed by atoms with Crippen LogP contribution in [0.5, 0.6) is 5.75 Å². The van der Waals surface area contributed by atoms with Gasteiger partial charge in [-0.25, -0.2) is 0 Å². The zero-order valence-electron chi connectivity index (χ0n) is 11.0. The number of aliphatic hydroxyl groups excluding tert-OH is 1. The van der Waals surface area contributed by atoms with Crippen LogP contribution in [0.1, 0.15) is 40.2 Å². The second-order valence-electron chi connectivity index (χ2n) is 3.20. The maximum Gasteiger partial charge on any atom is 0.123 e. The molecule has 2 unspecified atom stereocenters. The lowest BCUT2D eigenvalue weighted by Gasteiger charge is -2.27. The van der Waals surface area contributed by atoms with E-state index in [9.17, 15) is 5.11 Å². The van der Waals surface area contributed by atoms with Crippen molar-refractivity contribution in [2.45, 2.75) is 53.2 Å². The van der Waals surface area contributed by atoms with Gasteiger partial charge in [0, 0.05) is 6.42 Å². The molecule has 0 bridgehead atoms. The Kier molecular flexibility index (Phi) is 7.65. The predicted molar refractivity (Wildman–Crippen MR) is 68.9 cm³/mol. The lowest BCUT2D eigenvalue weighted by atomic mass is 10.0. The van der Waals surface area contributed by atoms with Crippen molar-refractivity contribution in [2.24, 2.45) is 0 Å². The molecule has 2 heteroatoms. The van der Waals surface area contributed by atoms with E-state index in [4.69, 9.17) is 4.74 Å². The number of hydrogen-bond acceptors (Lipinski definition) is 2. The number of para-hydroxylation sites is 1. The van der Waals surface area contributed by atoms with Gasteiger partial charge < -0.3 is 9.84 Å². The molecule has 0 radical (unpaired) electrons. The first-order valence-electron chi connectivity index (χ1n) is 6.20. The van der Waals surface area contributed by atoms with Crippen LogP contribution in [-0.4, -0.2) is 17.3 Å². The molecule has 0 spiro atoms. The molecule has 16 heavy (non-hydrogen) atoms. The van der Waals surface area contributed by atoms with Crippen molar-refractivity contribution < 1.29 is 9.84 Å². The maximum absolute atomic E-state index is 9.50. The van der Waals surface area contributed by atoms with Crippen LogP contribution < -0.4 is 4.74 Å². The smallest absolute Gasteiger partial charge is 0.123 e. The molecule has 0 amide bonds. The van der Waals surface area contributed by atoms with Gasteiger partial charge in [-0.2, -0.15) is 0 Å². The molecule has 1 aromatic rings. The van der Waals surface area contributed by atoms with Crippen molar-refractivity contribution in [3.63, 3.8) is 0 Å². The quantitative estimate of drug-likeness (QED) is 0.731. The number of fused-ring (bicyclic) bond motifs is 1. The Labute approximate surface area is 99.3 Å².